The van der Waals surface area contributed by atoms with Crippen molar-refractivity contribution in [2.45, 2.75) is 0 Å². The molecule has 0 aliphatic carbocycles. The molecule has 0 atom stereocenters. The molecular formula is C69H45IrN6O3. The molecule has 0 spiro atoms. The third-order valence-electron chi connectivity index (χ3n) is 14.1. The molecule has 79 heavy (non-hydrogen) atoms. The van der Waals surface area contributed by atoms with E-state index in [1.807, 2.05) is 91.0 Å². The first-order valence-electron chi connectivity index (χ1n) is 29.3. The van der Waals surface area contributed by atoms with Gasteiger partial charge in [0.2, 0.25) is 0 Å². The molecule has 10 heteroatoms. The number of rotatable bonds is 0. The number of pyridine rings is 3. The maximum Gasteiger partial charge on any atom is 3.00 e. The van der Waals surface area contributed by atoms with Crippen molar-refractivity contribution in [1.29, 1.82) is 0 Å². The summed E-state index contributed by atoms with van der Waals surface area (Å²) in [6.07, 6.45) is 3.57. The topological polar surface area (TPSA) is 105 Å². The van der Waals surface area contributed by atoms with Crippen LogP contribution in [-0.2, 0) is 41.0 Å². The number of hydrogen-bond donors (Lipinski definition) is 0. The third kappa shape index (κ3) is 9.33. The molecule has 0 unspecified atom stereocenters. The van der Waals surface area contributed by atoms with Gasteiger partial charge in [0.25, 0.3) is 16.7 Å². The first-order chi connectivity index (χ1) is 41.7. The summed E-state index contributed by atoms with van der Waals surface area (Å²) in [7, 11) is 0. The minimum Gasteiger partial charge on any atom is -0.310 e. The van der Waals surface area contributed by atoms with E-state index in [0.29, 0.717) is 46.4 Å². The van der Waals surface area contributed by atoms with Crippen molar-refractivity contribution < 1.29 is 32.4 Å². The molecule has 0 aliphatic heterocycles. The van der Waals surface area contributed by atoms with Crippen molar-refractivity contribution in [1.82, 2.24) is 28.7 Å². The number of aromatic nitrogens is 6. The van der Waals surface area contributed by atoms with Crippen molar-refractivity contribution in [3.8, 4) is 0 Å². The third-order valence-corrected chi connectivity index (χ3v) is 14.1. The minimum atomic E-state index is -3.23. The molecule has 0 aliphatic rings. The van der Waals surface area contributed by atoms with Crippen LogP contribution in [0.4, 0.5) is 0 Å². The summed E-state index contributed by atoms with van der Waals surface area (Å²) in [5, 5.41) is 10.8. The van der Waals surface area contributed by atoms with Crippen molar-refractivity contribution in [2.75, 3.05) is 0 Å². The van der Waals surface area contributed by atoms with E-state index in [1.54, 1.807) is 0 Å². The molecule has 32 rings (SSSR count). The van der Waals surface area contributed by atoms with Gasteiger partial charge in [-0.25, -0.2) is 0 Å². The first kappa shape index (κ1) is 40.5. The van der Waals surface area contributed by atoms with E-state index in [-0.39, 0.29) is 36.7 Å². The van der Waals surface area contributed by atoms with Gasteiger partial charge in [-0.15, -0.1) is 89.0 Å². The van der Waals surface area contributed by atoms with E-state index in [2.05, 4.69) is 87.7 Å². The van der Waals surface area contributed by atoms with E-state index in [4.69, 9.17) is 12.3 Å². The summed E-state index contributed by atoms with van der Waals surface area (Å²) in [5.41, 5.74) is -3.31. The van der Waals surface area contributed by atoms with E-state index >= 15 is 14.4 Å². The summed E-state index contributed by atoms with van der Waals surface area (Å²) in [5.74, 6) is 0. The van der Waals surface area contributed by atoms with Crippen molar-refractivity contribution in [3.63, 3.8) is 0 Å². The Balaban J connectivity index is 0.00000754. The maximum absolute atomic E-state index is 15.1. The second-order valence-electron chi connectivity index (χ2n) is 18.8. The average Bonchev–Trinajstić information content (AvgIpc) is 1.01. The van der Waals surface area contributed by atoms with Crippen LogP contribution in [0, 0.1) is 18.2 Å². The summed E-state index contributed by atoms with van der Waals surface area (Å²) in [4.78, 5) is 59.0. The Kier molecular flexibility index (Phi) is 10.6. The molecule has 24 heterocycles. The zero-order valence-electron chi connectivity index (χ0n) is 50.5. The summed E-state index contributed by atoms with van der Waals surface area (Å²) in [6.45, 7) is -9.70. The monoisotopic (exact) mass is 1210 g/mol. The Morgan fingerprint density at radius 2 is 0.595 bits per heavy atom. The zero-order chi connectivity index (χ0) is 60.5. The van der Waals surface area contributed by atoms with Crippen LogP contribution in [0.3, 0.4) is 0 Å². The van der Waals surface area contributed by atoms with Gasteiger partial charge in [0.15, 0.2) is 0 Å². The predicted octanol–water partition coefficient (Wildman–Crippen LogP) is 14.3. The van der Waals surface area contributed by atoms with Gasteiger partial charge in [0.05, 0.1) is 16.6 Å². The first-order valence-corrected chi connectivity index (χ1v) is 24.8. The quantitative estimate of drug-likeness (QED) is 0.140. The molecular weight excluding hydrogens is 1150 g/mol. The Morgan fingerprint density at radius 1 is 0.329 bits per heavy atom. The van der Waals surface area contributed by atoms with Gasteiger partial charge in [-0.2, -0.15) is 0 Å². The summed E-state index contributed by atoms with van der Waals surface area (Å²) < 4.78 is 79.4. The molecule has 0 N–H and O–H groups in total. The Bertz CT molecular complexity index is 4960. The van der Waals surface area contributed by atoms with E-state index in [9.17, 15) is 0 Å². The fraction of sp³-hybridized carbons (Fsp3) is 0.0435. The Labute approximate surface area is 477 Å². The molecule has 0 saturated heterocycles. The number of hydrogen-bond acceptors (Lipinski definition) is 6. The Morgan fingerprint density at radius 3 is 0.823 bits per heavy atom. The molecule has 378 valence electrons. The minimum absolute atomic E-state index is 0. The number of benzene rings is 8. The second kappa shape index (κ2) is 20.7. The van der Waals surface area contributed by atoms with Crippen LogP contribution in [0.1, 0.15) is 12.3 Å². The van der Waals surface area contributed by atoms with E-state index in [1.165, 1.54) is 55.0 Å². The van der Waals surface area contributed by atoms with Crippen molar-refractivity contribution in [2.24, 2.45) is 20.9 Å². The SMILES string of the molecule is [2H]C([2H])([2H])n1c(=O)c2cc3cc(c2)c(=O)n(C([2H])([2H])[2H])c2ccc(nc2)c2[c-]cc(cc2)c2ccccc2c2cc(cc(c2)c2ccccc2c2c[c-]c(cc2)c2ccc(cn2)n(C([2H])([2H])[2H])c3=O)c2ccccc2c2c[c-]c(cc2)c2ccc1cn2.[Ir+3]. The molecule has 9 nitrogen and oxygen atoms in total. The van der Waals surface area contributed by atoms with Gasteiger partial charge >= 0.3 is 20.1 Å². The molecule has 8 aromatic carbocycles. The van der Waals surface area contributed by atoms with Crippen LogP contribution < -0.4 is 16.7 Å². The molecule has 32 aromatic rings. The number of aryl methyl sites for hydroxylation is 3. The standard InChI is InChI=1S/C69H45N6O3.Ir/c1-73-55-28-31-64(70-40-55)46-22-16-43(17-23-46)58-10-4-7-13-61(58)49-34-50-36-51(35-49)63-15-9-6-12-60(63)45-20-26-48(27-21-45)66-33-30-57(42-72-66)75(3)69(78)54-38-52(67(73)76)37-53(39-54)68(77)74(2)56-29-32-65(71-41-56)47-24-18-44(19-25-47)59-11-5-8-14-62(50)59;/h4-22,24,26,28-42H,1-3H3;/q-3;+3/i1D3,2D3,3D3;. The zero-order valence-corrected chi connectivity index (χ0v) is 43.9. The van der Waals surface area contributed by atoms with Crippen LogP contribution in [0.25, 0.3) is 130 Å². The van der Waals surface area contributed by atoms with E-state index in [0.717, 1.165) is 82.8 Å². The number of nitrogens with zero attached hydrogens (tertiary/aromatic N) is 6. The largest absolute Gasteiger partial charge is 3.00 e. The van der Waals surface area contributed by atoms with Crippen LogP contribution in [-0.4, -0.2) is 28.7 Å². The molecule has 0 amide bonds. The van der Waals surface area contributed by atoms with Gasteiger partial charge in [-0.05, 0) is 103 Å². The van der Waals surface area contributed by atoms with Gasteiger partial charge in [0.1, 0.15) is 0 Å². The van der Waals surface area contributed by atoms with Gasteiger partial charge in [-0.3, -0.25) is 14.4 Å². The predicted molar refractivity (Wildman–Crippen MR) is 321 cm³/mol. The fourth-order valence-corrected chi connectivity index (χ4v) is 10.1. The molecule has 24 aromatic heterocycles. The maximum atomic E-state index is 15.1. The summed E-state index contributed by atoms with van der Waals surface area (Å²) in [6, 6.07) is 69.6. The molecule has 0 fully saturated rings. The van der Waals surface area contributed by atoms with Crippen LogP contribution in [0.2, 0.25) is 0 Å². The second-order valence-corrected chi connectivity index (χ2v) is 18.8. The average molecular weight is 1210 g/mol. The Hall–Kier alpha value is -9.73. The smallest absolute Gasteiger partial charge is 0.310 e. The summed E-state index contributed by atoms with van der Waals surface area (Å²) >= 11 is 0. The van der Waals surface area contributed by atoms with E-state index < -0.39 is 53.8 Å². The van der Waals surface area contributed by atoms with Crippen LogP contribution in [0.5, 0.6) is 0 Å². The van der Waals surface area contributed by atoms with Gasteiger partial charge in [0, 0.05) is 68.0 Å². The van der Waals surface area contributed by atoms with Gasteiger partial charge in [-0.1, -0.05) is 123 Å². The molecule has 18 bridgehead atoms. The molecule has 0 radical (unpaired) electrons. The van der Waals surface area contributed by atoms with Crippen molar-refractivity contribution >= 4 is 130 Å². The van der Waals surface area contributed by atoms with Crippen LogP contribution >= 0.6 is 0 Å². The van der Waals surface area contributed by atoms with Gasteiger partial charge < -0.3 is 28.7 Å². The van der Waals surface area contributed by atoms with Crippen molar-refractivity contribution in [3.05, 3.63) is 268 Å². The molecule has 0 saturated carbocycles. The normalized spacial score (nSPS) is 13.4. The van der Waals surface area contributed by atoms with Crippen LogP contribution in [0.15, 0.2) is 233 Å². The fourth-order valence-electron chi connectivity index (χ4n) is 10.1.